The molecular formula is C15H14ClNO2. The van der Waals surface area contributed by atoms with E-state index in [-0.39, 0.29) is 11.8 Å². The minimum atomic E-state index is -0.0940. The molecule has 1 aliphatic rings. The van der Waals surface area contributed by atoms with Gasteiger partial charge < -0.3 is 9.32 Å². The molecule has 0 N–H and O–H groups in total. The molecule has 1 amide bonds. The zero-order chi connectivity index (χ0) is 13.2. The molecule has 1 aromatic heterocycles. The van der Waals surface area contributed by atoms with E-state index in [4.69, 9.17) is 16.0 Å². The van der Waals surface area contributed by atoms with Crippen LogP contribution >= 0.6 is 11.6 Å². The largest absolute Gasteiger partial charge is 0.455 e. The third-order valence-electron chi connectivity index (χ3n) is 3.36. The molecule has 0 fully saturated rings. The van der Waals surface area contributed by atoms with E-state index in [0.29, 0.717) is 11.5 Å². The summed E-state index contributed by atoms with van der Waals surface area (Å²) in [5.74, 6) is 1.16. The molecule has 0 aliphatic carbocycles. The van der Waals surface area contributed by atoms with Gasteiger partial charge in [-0.1, -0.05) is 18.2 Å². The summed E-state index contributed by atoms with van der Waals surface area (Å²) in [5.41, 5.74) is 2.20. The van der Waals surface area contributed by atoms with Crippen LogP contribution in [0.4, 0.5) is 5.69 Å². The number of carbonyl (C=O) groups excluding carboxylic acids is 1. The fourth-order valence-corrected chi connectivity index (χ4v) is 2.59. The van der Waals surface area contributed by atoms with Crippen molar-refractivity contribution in [2.45, 2.75) is 18.7 Å². The zero-order valence-corrected chi connectivity index (χ0v) is 11.2. The first-order chi connectivity index (χ1) is 9.29. The van der Waals surface area contributed by atoms with E-state index >= 15 is 0 Å². The molecule has 0 bridgehead atoms. The van der Waals surface area contributed by atoms with Gasteiger partial charge in [-0.15, -0.1) is 11.6 Å². The summed E-state index contributed by atoms with van der Waals surface area (Å²) in [6, 6.07) is 11.5. The lowest BCUT2D eigenvalue weighted by Gasteiger charge is -2.28. The monoisotopic (exact) mass is 275 g/mol. The second-order valence-corrected chi connectivity index (χ2v) is 4.86. The smallest absolute Gasteiger partial charge is 0.293 e. The summed E-state index contributed by atoms with van der Waals surface area (Å²) < 4.78 is 5.44. The van der Waals surface area contributed by atoms with Crippen LogP contribution in [0.1, 0.15) is 28.3 Å². The fourth-order valence-electron chi connectivity index (χ4n) is 2.44. The molecule has 3 rings (SSSR count). The van der Waals surface area contributed by atoms with E-state index in [2.05, 4.69) is 6.07 Å². The van der Waals surface area contributed by atoms with E-state index < -0.39 is 0 Å². The quantitative estimate of drug-likeness (QED) is 0.785. The van der Waals surface area contributed by atoms with Crippen molar-refractivity contribution in [3.05, 3.63) is 53.5 Å². The molecule has 0 saturated heterocycles. The maximum atomic E-state index is 12.5. The average molecular weight is 276 g/mol. The third kappa shape index (κ3) is 2.26. The number of halogens is 1. The maximum Gasteiger partial charge on any atom is 0.293 e. The Morgan fingerprint density at radius 2 is 2.11 bits per heavy atom. The molecule has 19 heavy (non-hydrogen) atoms. The van der Waals surface area contributed by atoms with E-state index in [9.17, 15) is 4.79 Å². The van der Waals surface area contributed by atoms with Gasteiger partial charge in [0.2, 0.25) is 0 Å². The van der Waals surface area contributed by atoms with Gasteiger partial charge in [-0.05, 0) is 36.6 Å². The van der Waals surface area contributed by atoms with Crippen LogP contribution in [0, 0.1) is 0 Å². The highest BCUT2D eigenvalue weighted by Gasteiger charge is 2.25. The normalized spacial score (nSPS) is 14.3. The van der Waals surface area contributed by atoms with Gasteiger partial charge in [-0.3, -0.25) is 4.79 Å². The summed E-state index contributed by atoms with van der Waals surface area (Å²) in [6.45, 7) is 0.729. The molecular weight excluding hydrogens is 262 g/mol. The second-order valence-electron chi connectivity index (χ2n) is 4.59. The Kier molecular flexibility index (Phi) is 3.30. The van der Waals surface area contributed by atoms with Crippen molar-refractivity contribution < 1.29 is 9.21 Å². The maximum absolute atomic E-state index is 12.5. The predicted octanol–water partition coefficient (Wildman–Crippen LogP) is 3.61. The first-order valence-electron chi connectivity index (χ1n) is 6.34. The highest BCUT2D eigenvalue weighted by Crippen LogP contribution is 2.28. The average Bonchev–Trinajstić information content (AvgIpc) is 2.95. The van der Waals surface area contributed by atoms with Crippen LogP contribution in [-0.4, -0.2) is 12.5 Å². The SMILES string of the molecule is O=C(c1ccc(CCl)o1)N1CCCc2ccccc21. The number of alkyl halides is 1. The number of nitrogens with zero attached hydrogens (tertiary/aromatic N) is 1. The standard InChI is InChI=1S/C15H14ClNO2/c16-10-12-7-8-14(19-12)15(18)17-9-3-5-11-4-1-2-6-13(11)17/h1-2,4,6-8H,3,5,9-10H2. The minimum Gasteiger partial charge on any atom is -0.455 e. The van der Waals surface area contributed by atoms with Crippen molar-refractivity contribution in [1.29, 1.82) is 0 Å². The number of hydrogen-bond donors (Lipinski definition) is 0. The Balaban J connectivity index is 1.93. The molecule has 2 aromatic rings. The summed E-state index contributed by atoms with van der Waals surface area (Å²) in [4.78, 5) is 14.3. The highest BCUT2D eigenvalue weighted by molar-refractivity contribution is 6.16. The van der Waals surface area contributed by atoms with Crippen molar-refractivity contribution in [3.8, 4) is 0 Å². The summed E-state index contributed by atoms with van der Waals surface area (Å²) in [5, 5.41) is 0. The van der Waals surface area contributed by atoms with Crippen LogP contribution in [0.5, 0.6) is 0 Å². The van der Waals surface area contributed by atoms with Crippen molar-refractivity contribution in [3.63, 3.8) is 0 Å². The Hall–Kier alpha value is -1.74. The Bertz CT molecular complexity index is 606. The van der Waals surface area contributed by atoms with Gasteiger partial charge in [0.05, 0.1) is 5.88 Å². The molecule has 0 unspecified atom stereocenters. The fraction of sp³-hybridized carbons (Fsp3) is 0.267. The van der Waals surface area contributed by atoms with E-state index in [0.717, 1.165) is 25.1 Å². The van der Waals surface area contributed by atoms with Crippen molar-refractivity contribution >= 4 is 23.2 Å². The van der Waals surface area contributed by atoms with Gasteiger partial charge in [0, 0.05) is 12.2 Å². The van der Waals surface area contributed by atoms with Gasteiger partial charge >= 0.3 is 0 Å². The van der Waals surface area contributed by atoms with Crippen LogP contribution < -0.4 is 4.90 Å². The van der Waals surface area contributed by atoms with Crippen molar-refractivity contribution in [2.75, 3.05) is 11.4 Å². The molecule has 1 aliphatic heterocycles. The van der Waals surface area contributed by atoms with Gasteiger partial charge in [0.25, 0.3) is 5.91 Å². The lowest BCUT2D eigenvalue weighted by Crippen LogP contribution is -2.35. The second kappa shape index (κ2) is 5.10. The first-order valence-corrected chi connectivity index (χ1v) is 6.87. The molecule has 0 radical (unpaired) electrons. The van der Waals surface area contributed by atoms with Crippen LogP contribution in [0.3, 0.4) is 0 Å². The summed E-state index contributed by atoms with van der Waals surface area (Å²) >= 11 is 5.69. The Morgan fingerprint density at radius 3 is 2.89 bits per heavy atom. The highest BCUT2D eigenvalue weighted by atomic mass is 35.5. The lowest BCUT2D eigenvalue weighted by molar-refractivity contribution is 0.0957. The van der Waals surface area contributed by atoms with Gasteiger partial charge in [-0.25, -0.2) is 0 Å². The lowest BCUT2D eigenvalue weighted by atomic mass is 10.0. The Labute approximate surface area is 116 Å². The molecule has 3 nitrogen and oxygen atoms in total. The van der Waals surface area contributed by atoms with E-state index in [1.54, 1.807) is 17.0 Å². The number of amides is 1. The predicted molar refractivity (Wildman–Crippen MR) is 74.7 cm³/mol. The molecule has 0 saturated carbocycles. The molecule has 2 heterocycles. The third-order valence-corrected chi connectivity index (χ3v) is 3.62. The number of anilines is 1. The Morgan fingerprint density at radius 1 is 1.26 bits per heavy atom. The van der Waals surface area contributed by atoms with Gasteiger partial charge in [0.15, 0.2) is 5.76 Å². The van der Waals surface area contributed by atoms with E-state index in [1.807, 2.05) is 18.2 Å². The number of para-hydroxylation sites is 1. The number of hydrogen-bond acceptors (Lipinski definition) is 2. The van der Waals surface area contributed by atoms with Gasteiger partial charge in [-0.2, -0.15) is 0 Å². The van der Waals surface area contributed by atoms with Crippen LogP contribution in [0.2, 0.25) is 0 Å². The zero-order valence-electron chi connectivity index (χ0n) is 10.4. The molecule has 4 heteroatoms. The minimum absolute atomic E-state index is 0.0940. The van der Waals surface area contributed by atoms with Crippen LogP contribution in [0.15, 0.2) is 40.8 Å². The number of benzene rings is 1. The molecule has 98 valence electrons. The number of fused-ring (bicyclic) bond motifs is 1. The van der Waals surface area contributed by atoms with Crippen LogP contribution in [-0.2, 0) is 12.3 Å². The summed E-state index contributed by atoms with van der Waals surface area (Å²) in [6.07, 6.45) is 2.00. The van der Waals surface area contributed by atoms with Gasteiger partial charge in [0.1, 0.15) is 5.76 Å². The molecule has 0 atom stereocenters. The number of rotatable bonds is 2. The van der Waals surface area contributed by atoms with E-state index in [1.165, 1.54) is 5.56 Å². The number of furan rings is 1. The number of aryl methyl sites for hydroxylation is 1. The molecule has 0 spiro atoms. The van der Waals surface area contributed by atoms with Crippen molar-refractivity contribution in [2.24, 2.45) is 0 Å². The summed E-state index contributed by atoms with van der Waals surface area (Å²) in [7, 11) is 0. The molecule has 1 aromatic carbocycles. The van der Waals surface area contributed by atoms with Crippen LogP contribution in [0.25, 0.3) is 0 Å². The first kappa shape index (κ1) is 12.3. The van der Waals surface area contributed by atoms with Crippen molar-refractivity contribution in [1.82, 2.24) is 0 Å². The number of carbonyl (C=O) groups is 1. The topological polar surface area (TPSA) is 33.5 Å².